The molecule has 0 amide bonds. The first kappa shape index (κ1) is 15.1. The van der Waals surface area contributed by atoms with Crippen molar-refractivity contribution in [2.24, 2.45) is 10.9 Å². The number of aromatic nitrogens is 1. The molecule has 1 aromatic carbocycles. The highest BCUT2D eigenvalue weighted by Gasteiger charge is 2.10. The zero-order chi connectivity index (χ0) is 15.1. The molecular formula is C15H17ClN4O. The van der Waals surface area contributed by atoms with Gasteiger partial charge in [0.25, 0.3) is 0 Å². The molecule has 0 unspecified atom stereocenters. The summed E-state index contributed by atoms with van der Waals surface area (Å²) in [5.74, 6) is 0.205. The maximum absolute atomic E-state index is 8.67. The minimum Gasteiger partial charge on any atom is -0.409 e. The smallest absolute Gasteiger partial charge is 0.140 e. The second-order valence-corrected chi connectivity index (χ2v) is 4.97. The second kappa shape index (κ2) is 7.50. The van der Waals surface area contributed by atoms with Gasteiger partial charge in [0.15, 0.2) is 0 Å². The van der Waals surface area contributed by atoms with E-state index in [9.17, 15) is 0 Å². The molecule has 0 saturated heterocycles. The van der Waals surface area contributed by atoms with E-state index >= 15 is 0 Å². The highest BCUT2D eigenvalue weighted by atomic mass is 35.5. The van der Waals surface area contributed by atoms with Crippen LogP contribution in [0.2, 0.25) is 5.02 Å². The molecule has 0 aliphatic carbocycles. The number of anilines is 1. The van der Waals surface area contributed by atoms with Gasteiger partial charge < -0.3 is 15.8 Å². The fourth-order valence-corrected chi connectivity index (χ4v) is 2.15. The van der Waals surface area contributed by atoms with Crippen molar-refractivity contribution in [1.82, 2.24) is 4.98 Å². The van der Waals surface area contributed by atoms with E-state index in [-0.39, 0.29) is 5.84 Å². The van der Waals surface area contributed by atoms with Crippen molar-refractivity contribution in [2.75, 3.05) is 11.4 Å². The van der Waals surface area contributed by atoms with Gasteiger partial charge in [-0.15, -0.1) is 0 Å². The first-order valence-corrected chi connectivity index (χ1v) is 6.93. The standard InChI is InChI=1S/C15H17ClN4O/c16-14-10-18-8-6-12(14)11-20(9-7-15(17)19-21)13-4-2-1-3-5-13/h1-6,8,10,21H,7,9,11H2,(H2,17,19). The predicted molar refractivity (Wildman–Crippen MR) is 84.8 cm³/mol. The molecule has 0 atom stereocenters. The van der Waals surface area contributed by atoms with Gasteiger partial charge in [-0.05, 0) is 23.8 Å². The van der Waals surface area contributed by atoms with Gasteiger partial charge >= 0.3 is 0 Å². The number of para-hydroxylation sites is 1. The Kier molecular flexibility index (Phi) is 5.40. The maximum Gasteiger partial charge on any atom is 0.140 e. The molecule has 1 heterocycles. The number of halogens is 1. The van der Waals surface area contributed by atoms with E-state index in [0.29, 0.717) is 24.5 Å². The van der Waals surface area contributed by atoms with Crippen LogP contribution in [-0.4, -0.2) is 22.6 Å². The maximum atomic E-state index is 8.67. The molecular weight excluding hydrogens is 288 g/mol. The average Bonchev–Trinajstić information content (AvgIpc) is 2.53. The van der Waals surface area contributed by atoms with Gasteiger partial charge in [0.2, 0.25) is 0 Å². The van der Waals surface area contributed by atoms with Gasteiger partial charge in [-0.1, -0.05) is 35.0 Å². The molecule has 0 bridgehead atoms. The van der Waals surface area contributed by atoms with Crippen LogP contribution in [0.25, 0.3) is 0 Å². The van der Waals surface area contributed by atoms with E-state index in [1.165, 1.54) is 0 Å². The number of hydrogen-bond acceptors (Lipinski definition) is 4. The largest absolute Gasteiger partial charge is 0.409 e. The molecule has 3 N–H and O–H groups in total. The number of nitrogens with zero attached hydrogens (tertiary/aromatic N) is 3. The lowest BCUT2D eigenvalue weighted by Crippen LogP contribution is -2.28. The zero-order valence-corrected chi connectivity index (χ0v) is 12.2. The number of pyridine rings is 1. The minimum absolute atomic E-state index is 0.205. The predicted octanol–water partition coefficient (Wildman–Crippen LogP) is 2.88. The monoisotopic (exact) mass is 304 g/mol. The summed E-state index contributed by atoms with van der Waals surface area (Å²) >= 11 is 6.17. The number of amidine groups is 1. The Morgan fingerprint density at radius 2 is 2.05 bits per heavy atom. The van der Waals surface area contributed by atoms with E-state index < -0.39 is 0 Å². The van der Waals surface area contributed by atoms with Crippen molar-refractivity contribution in [1.29, 1.82) is 0 Å². The molecule has 2 rings (SSSR count). The van der Waals surface area contributed by atoms with Crippen molar-refractivity contribution >= 4 is 23.1 Å². The molecule has 6 heteroatoms. The Hall–Kier alpha value is -2.27. The summed E-state index contributed by atoms with van der Waals surface area (Å²) in [7, 11) is 0. The molecule has 0 spiro atoms. The summed E-state index contributed by atoms with van der Waals surface area (Å²) in [4.78, 5) is 6.11. The summed E-state index contributed by atoms with van der Waals surface area (Å²) in [6.45, 7) is 1.25. The van der Waals surface area contributed by atoms with Gasteiger partial charge in [-0.2, -0.15) is 0 Å². The normalized spacial score (nSPS) is 11.4. The molecule has 1 aromatic heterocycles. The van der Waals surface area contributed by atoms with Gasteiger partial charge in [0.05, 0.1) is 5.02 Å². The third-order valence-electron chi connectivity index (χ3n) is 3.11. The quantitative estimate of drug-likeness (QED) is 0.372. The number of benzene rings is 1. The highest BCUT2D eigenvalue weighted by Crippen LogP contribution is 2.21. The van der Waals surface area contributed by atoms with E-state index in [1.54, 1.807) is 12.4 Å². The van der Waals surface area contributed by atoms with Crippen LogP contribution in [0.4, 0.5) is 5.69 Å². The molecule has 0 radical (unpaired) electrons. The molecule has 0 fully saturated rings. The topological polar surface area (TPSA) is 74.7 Å². The van der Waals surface area contributed by atoms with E-state index in [4.69, 9.17) is 22.5 Å². The number of nitrogens with two attached hydrogens (primary N) is 1. The number of oxime groups is 1. The summed E-state index contributed by atoms with van der Waals surface area (Å²) in [6.07, 6.45) is 3.81. The van der Waals surface area contributed by atoms with Crippen LogP contribution in [0.15, 0.2) is 53.9 Å². The Bertz CT molecular complexity index is 604. The van der Waals surface area contributed by atoms with Gasteiger partial charge in [0.1, 0.15) is 5.84 Å². The first-order valence-electron chi connectivity index (χ1n) is 6.55. The summed E-state index contributed by atoms with van der Waals surface area (Å²) in [6, 6.07) is 11.8. The van der Waals surface area contributed by atoms with Gasteiger partial charge in [-0.3, -0.25) is 4.98 Å². The third-order valence-corrected chi connectivity index (χ3v) is 3.45. The average molecular weight is 305 g/mol. The lowest BCUT2D eigenvalue weighted by molar-refractivity contribution is 0.317. The van der Waals surface area contributed by atoms with Crippen molar-refractivity contribution in [3.63, 3.8) is 0 Å². The summed E-state index contributed by atoms with van der Waals surface area (Å²) in [5, 5.41) is 12.3. The number of hydrogen-bond donors (Lipinski definition) is 2. The molecule has 5 nitrogen and oxygen atoms in total. The van der Waals surface area contributed by atoms with Crippen LogP contribution < -0.4 is 10.6 Å². The molecule has 110 valence electrons. The minimum atomic E-state index is 0.205. The van der Waals surface area contributed by atoms with Gasteiger partial charge in [0, 0.05) is 37.6 Å². The first-order chi connectivity index (χ1) is 10.2. The van der Waals surface area contributed by atoms with Crippen LogP contribution in [0.1, 0.15) is 12.0 Å². The highest BCUT2D eigenvalue weighted by molar-refractivity contribution is 6.31. The molecule has 21 heavy (non-hydrogen) atoms. The fraction of sp³-hybridized carbons (Fsp3) is 0.200. The third kappa shape index (κ3) is 4.36. The molecule has 0 saturated carbocycles. The van der Waals surface area contributed by atoms with Gasteiger partial charge in [-0.25, -0.2) is 0 Å². The molecule has 0 aliphatic rings. The summed E-state index contributed by atoms with van der Waals surface area (Å²) < 4.78 is 0. The van der Waals surface area contributed by atoms with Crippen LogP contribution in [0.5, 0.6) is 0 Å². The lowest BCUT2D eigenvalue weighted by atomic mass is 10.2. The SMILES string of the molecule is NC(CCN(Cc1ccncc1Cl)c1ccccc1)=NO. The van der Waals surface area contributed by atoms with Crippen LogP contribution in [0, 0.1) is 0 Å². The molecule has 2 aromatic rings. The van der Waals surface area contributed by atoms with Crippen molar-refractivity contribution < 1.29 is 5.21 Å². The Labute approximate surface area is 128 Å². The van der Waals surface area contributed by atoms with E-state index in [0.717, 1.165) is 11.3 Å². The van der Waals surface area contributed by atoms with Crippen LogP contribution in [0.3, 0.4) is 0 Å². The van der Waals surface area contributed by atoms with E-state index in [1.807, 2.05) is 36.4 Å². The zero-order valence-electron chi connectivity index (χ0n) is 11.5. The summed E-state index contributed by atoms with van der Waals surface area (Å²) in [5.41, 5.74) is 7.59. The molecule has 0 aliphatic heterocycles. The Balaban J connectivity index is 2.18. The van der Waals surface area contributed by atoms with Crippen molar-refractivity contribution in [3.05, 3.63) is 59.4 Å². The van der Waals surface area contributed by atoms with Crippen molar-refractivity contribution in [3.8, 4) is 0 Å². The van der Waals surface area contributed by atoms with E-state index in [2.05, 4.69) is 15.0 Å². The van der Waals surface area contributed by atoms with Crippen molar-refractivity contribution in [2.45, 2.75) is 13.0 Å². The Morgan fingerprint density at radius 1 is 1.29 bits per heavy atom. The van der Waals surface area contributed by atoms with Crippen LogP contribution >= 0.6 is 11.6 Å². The fourth-order valence-electron chi connectivity index (χ4n) is 1.98. The lowest BCUT2D eigenvalue weighted by Gasteiger charge is -2.25. The second-order valence-electron chi connectivity index (χ2n) is 4.57. The van der Waals surface area contributed by atoms with Crippen LogP contribution in [-0.2, 0) is 6.54 Å². The number of rotatable bonds is 6. The Morgan fingerprint density at radius 3 is 2.71 bits per heavy atom.